The molecule has 0 saturated heterocycles. The van der Waals surface area contributed by atoms with Crippen molar-refractivity contribution in [1.29, 1.82) is 0 Å². The van der Waals surface area contributed by atoms with E-state index in [2.05, 4.69) is 10.6 Å². The number of ether oxygens (including phenoxy) is 1. The Morgan fingerprint density at radius 3 is 2.48 bits per heavy atom. The Balaban J connectivity index is 1.89. The molecule has 0 radical (unpaired) electrons. The van der Waals surface area contributed by atoms with Crippen molar-refractivity contribution < 1.29 is 9.53 Å². The number of amides is 1. The van der Waals surface area contributed by atoms with Gasteiger partial charge < -0.3 is 15.4 Å². The van der Waals surface area contributed by atoms with Gasteiger partial charge in [0, 0.05) is 17.3 Å². The van der Waals surface area contributed by atoms with Crippen LogP contribution in [0, 0.1) is 0 Å². The molecule has 0 bridgehead atoms. The van der Waals surface area contributed by atoms with Crippen molar-refractivity contribution in [3.63, 3.8) is 0 Å². The summed E-state index contributed by atoms with van der Waals surface area (Å²) in [5.41, 5.74) is 1.83. The second kappa shape index (κ2) is 7.45. The Morgan fingerprint density at radius 1 is 1.10 bits per heavy atom. The molecule has 0 unspecified atom stereocenters. The van der Waals surface area contributed by atoms with E-state index in [4.69, 9.17) is 4.74 Å². The maximum Gasteiger partial charge on any atom is 0.238 e. The van der Waals surface area contributed by atoms with Gasteiger partial charge in [-0.2, -0.15) is 0 Å². The minimum absolute atomic E-state index is 0.0303. The molecule has 0 heterocycles. The minimum atomic E-state index is -0.0667. The summed E-state index contributed by atoms with van der Waals surface area (Å²) in [6.07, 6.45) is 0. The van der Waals surface area contributed by atoms with Gasteiger partial charge in [-0.25, -0.2) is 0 Å². The summed E-state index contributed by atoms with van der Waals surface area (Å²) in [4.78, 5) is 11.9. The van der Waals surface area contributed by atoms with Crippen molar-refractivity contribution in [3.05, 3.63) is 60.2 Å². The van der Waals surface area contributed by atoms with Crippen LogP contribution in [0.5, 0.6) is 5.75 Å². The monoisotopic (exact) mass is 284 g/mol. The van der Waals surface area contributed by atoms with E-state index in [1.807, 2.05) is 61.5 Å². The highest BCUT2D eigenvalue weighted by Crippen LogP contribution is 2.23. The van der Waals surface area contributed by atoms with Crippen LogP contribution < -0.4 is 15.4 Å². The highest BCUT2D eigenvalue weighted by atomic mass is 16.5. The van der Waals surface area contributed by atoms with E-state index in [9.17, 15) is 4.79 Å². The van der Waals surface area contributed by atoms with E-state index in [0.717, 1.165) is 17.0 Å². The average molecular weight is 284 g/mol. The average Bonchev–Trinajstić information content (AvgIpc) is 2.53. The molecule has 4 heteroatoms. The third kappa shape index (κ3) is 4.33. The van der Waals surface area contributed by atoms with Crippen LogP contribution in [0.1, 0.15) is 18.5 Å². The third-order valence-electron chi connectivity index (χ3n) is 3.23. The zero-order chi connectivity index (χ0) is 15.1. The molecule has 2 rings (SSSR count). The van der Waals surface area contributed by atoms with E-state index in [1.54, 1.807) is 7.11 Å². The zero-order valence-corrected chi connectivity index (χ0v) is 12.3. The van der Waals surface area contributed by atoms with Crippen molar-refractivity contribution in [2.75, 3.05) is 19.0 Å². The van der Waals surface area contributed by atoms with Crippen molar-refractivity contribution in [1.82, 2.24) is 5.32 Å². The second-order valence-electron chi connectivity index (χ2n) is 4.76. The number of hydrogen-bond donors (Lipinski definition) is 2. The first kappa shape index (κ1) is 15.1. The number of para-hydroxylation sites is 2. The number of nitrogens with one attached hydrogen (secondary N) is 2. The lowest BCUT2D eigenvalue weighted by Crippen LogP contribution is -2.30. The van der Waals surface area contributed by atoms with Crippen LogP contribution in [0.3, 0.4) is 0 Å². The van der Waals surface area contributed by atoms with Gasteiger partial charge >= 0.3 is 0 Å². The lowest BCUT2D eigenvalue weighted by Gasteiger charge is -2.17. The van der Waals surface area contributed by atoms with Crippen LogP contribution in [-0.2, 0) is 4.79 Å². The van der Waals surface area contributed by atoms with E-state index in [-0.39, 0.29) is 18.5 Å². The fourth-order valence-electron chi connectivity index (χ4n) is 2.11. The third-order valence-corrected chi connectivity index (χ3v) is 3.23. The molecule has 0 aromatic heterocycles. The number of carbonyl (C=O) groups excluding carboxylic acids is 1. The molecule has 2 aromatic rings. The number of rotatable bonds is 6. The summed E-state index contributed by atoms with van der Waals surface area (Å²) < 4.78 is 5.33. The molecular weight excluding hydrogens is 264 g/mol. The van der Waals surface area contributed by atoms with Crippen molar-refractivity contribution in [2.24, 2.45) is 0 Å². The molecule has 110 valence electrons. The van der Waals surface area contributed by atoms with Gasteiger partial charge in [0.05, 0.1) is 13.7 Å². The van der Waals surface area contributed by atoms with E-state index in [0.29, 0.717) is 0 Å². The Hall–Kier alpha value is -2.33. The SMILES string of the molecule is COc1ccccc1[C@H](C)NCC(=O)Nc1ccccc1. The van der Waals surface area contributed by atoms with Crippen LogP contribution in [0.25, 0.3) is 0 Å². The van der Waals surface area contributed by atoms with Gasteiger partial charge in [0.25, 0.3) is 0 Å². The number of benzene rings is 2. The van der Waals surface area contributed by atoms with Crippen LogP contribution in [-0.4, -0.2) is 19.6 Å². The molecule has 0 aliphatic rings. The molecule has 2 N–H and O–H groups in total. The molecular formula is C17H20N2O2. The summed E-state index contributed by atoms with van der Waals surface area (Å²) in [6.45, 7) is 2.25. The molecule has 0 saturated carbocycles. The Kier molecular flexibility index (Phi) is 5.35. The van der Waals surface area contributed by atoms with Crippen LogP contribution in [0.15, 0.2) is 54.6 Å². The first-order valence-electron chi connectivity index (χ1n) is 6.92. The summed E-state index contributed by atoms with van der Waals surface area (Å²) in [5, 5.41) is 6.05. The highest BCUT2D eigenvalue weighted by Gasteiger charge is 2.11. The normalized spacial score (nSPS) is 11.7. The fraction of sp³-hybridized carbons (Fsp3) is 0.235. The molecule has 1 atom stereocenters. The molecule has 0 fully saturated rings. The number of carbonyl (C=O) groups is 1. The largest absolute Gasteiger partial charge is 0.496 e. The smallest absolute Gasteiger partial charge is 0.238 e. The lowest BCUT2D eigenvalue weighted by atomic mass is 10.1. The Labute approximate surface area is 125 Å². The van der Waals surface area contributed by atoms with Gasteiger partial charge in [-0.3, -0.25) is 4.79 Å². The zero-order valence-electron chi connectivity index (χ0n) is 12.3. The maximum absolute atomic E-state index is 11.9. The first-order valence-corrected chi connectivity index (χ1v) is 6.92. The molecule has 2 aromatic carbocycles. The quantitative estimate of drug-likeness (QED) is 0.857. The molecule has 0 spiro atoms. The van der Waals surface area contributed by atoms with E-state index >= 15 is 0 Å². The van der Waals surface area contributed by atoms with Gasteiger partial charge in [0.15, 0.2) is 0 Å². The van der Waals surface area contributed by atoms with Gasteiger partial charge in [0.2, 0.25) is 5.91 Å². The first-order chi connectivity index (χ1) is 10.2. The van der Waals surface area contributed by atoms with Gasteiger partial charge in [-0.05, 0) is 25.1 Å². The number of methoxy groups -OCH3 is 1. The minimum Gasteiger partial charge on any atom is -0.496 e. The van der Waals surface area contributed by atoms with Crippen LogP contribution in [0.4, 0.5) is 5.69 Å². The topological polar surface area (TPSA) is 50.4 Å². The Morgan fingerprint density at radius 2 is 1.76 bits per heavy atom. The molecule has 0 aliphatic carbocycles. The molecule has 4 nitrogen and oxygen atoms in total. The predicted octanol–water partition coefficient (Wildman–Crippen LogP) is 2.98. The predicted molar refractivity (Wildman–Crippen MR) is 84.5 cm³/mol. The maximum atomic E-state index is 11.9. The highest BCUT2D eigenvalue weighted by molar-refractivity contribution is 5.92. The number of hydrogen-bond acceptors (Lipinski definition) is 3. The summed E-state index contributed by atoms with van der Waals surface area (Å²) >= 11 is 0. The van der Waals surface area contributed by atoms with Gasteiger partial charge in [-0.15, -0.1) is 0 Å². The standard InChI is InChI=1S/C17H20N2O2/c1-13(15-10-6-7-11-16(15)21-2)18-12-17(20)19-14-8-4-3-5-9-14/h3-11,13,18H,12H2,1-2H3,(H,19,20)/t13-/m0/s1. The summed E-state index contributed by atoms with van der Waals surface area (Å²) in [7, 11) is 1.65. The van der Waals surface area contributed by atoms with Crippen LogP contribution in [0.2, 0.25) is 0 Å². The van der Waals surface area contributed by atoms with Crippen LogP contribution >= 0.6 is 0 Å². The number of anilines is 1. The molecule has 0 aliphatic heterocycles. The van der Waals surface area contributed by atoms with Crippen molar-refractivity contribution in [3.8, 4) is 5.75 Å². The Bertz CT molecular complexity index is 584. The molecule has 1 amide bonds. The van der Waals surface area contributed by atoms with Crippen molar-refractivity contribution in [2.45, 2.75) is 13.0 Å². The summed E-state index contributed by atoms with van der Waals surface area (Å²) in [5.74, 6) is 0.754. The summed E-state index contributed by atoms with van der Waals surface area (Å²) in [6, 6.07) is 17.2. The van der Waals surface area contributed by atoms with Crippen molar-refractivity contribution >= 4 is 11.6 Å². The van der Waals surface area contributed by atoms with E-state index < -0.39 is 0 Å². The van der Waals surface area contributed by atoms with Gasteiger partial charge in [0.1, 0.15) is 5.75 Å². The fourth-order valence-corrected chi connectivity index (χ4v) is 2.11. The lowest BCUT2D eigenvalue weighted by molar-refractivity contribution is -0.115. The van der Waals surface area contributed by atoms with Gasteiger partial charge in [-0.1, -0.05) is 36.4 Å². The van der Waals surface area contributed by atoms with E-state index in [1.165, 1.54) is 0 Å². The molecule has 21 heavy (non-hydrogen) atoms. The second-order valence-corrected chi connectivity index (χ2v) is 4.76.